The van der Waals surface area contributed by atoms with Gasteiger partial charge in [-0.15, -0.1) is 0 Å². The Morgan fingerprint density at radius 2 is 2.09 bits per heavy atom. The smallest absolute Gasteiger partial charge is 0.243 e. The molecule has 0 unspecified atom stereocenters. The molecule has 1 aromatic heterocycles. The van der Waals surface area contributed by atoms with E-state index in [0.717, 1.165) is 11.3 Å². The summed E-state index contributed by atoms with van der Waals surface area (Å²) in [4.78, 5) is 13.4. The van der Waals surface area contributed by atoms with Gasteiger partial charge in [0, 0.05) is 25.8 Å². The molecular formula is C15H17N3O4S. The van der Waals surface area contributed by atoms with Crippen LogP contribution in [0.2, 0.25) is 0 Å². The highest BCUT2D eigenvalue weighted by Crippen LogP contribution is 2.30. The number of sulfonamides is 1. The Morgan fingerprint density at radius 1 is 1.35 bits per heavy atom. The van der Waals surface area contributed by atoms with E-state index in [1.54, 1.807) is 32.2 Å². The summed E-state index contributed by atoms with van der Waals surface area (Å²) in [6, 6.07) is 6.45. The molecule has 0 bridgehead atoms. The van der Waals surface area contributed by atoms with Crippen molar-refractivity contribution >= 4 is 21.6 Å². The molecule has 1 aliphatic rings. The lowest BCUT2D eigenvalue weighted by atomic mass is 10.2. The maximum atomic E-state index is 12.7. The Balaban J connectivity index is 1.88. The van der Waals surface area contributed by atoms with E-state index < -0.39 is 10.0 Å². The summed E-state index contributed by atoms with van der Waals surface area (Å²) in [6.07, 6.45) is 0.224. The summed E-state index contributed by atoms with van der Waals surface area (Å²) in [5, 5.41) is 3.81. The molecule has 0 radical (unpaired) electrons. The van der Waals surface area contributed by atoms with E-state index in [9.17, 15) is 13.2 Å². The normalized spacial score (nSPS) is 14.6. The molecule has 0 saturated carbocycles. The van der Waals surface area contributed by atoms with Crippen LogP contribution in [-0.4, -0.2) is 37.9 Å². The molecule has 2 aromatic rings. The summed E-state index contributed by atoms with van der Waals surface area (Å²) in [5.41, 5.74) is 2.03. The lowest BCUT2D eigenvalue weighted by Crippen LogP contribution is -2.26. The molecule has 8 heteroatoms. The predicted octanol–water partition coefficient (Wildman–Crippen LogP) is 1.32. The minimum absolute atomic E-state index is 0.0408. The van der Waals surface area contributed by atoms with Crippen LogP contribution in [0, 0.1) is 6.92 Å². The number of nitrogens with zero attached hydrogens (tertiary/aromatic N) is 3. The first-order valence-electron chi connectivity index (χ1n) is 7.07. The fourth-order valence-electron chi connectivity index (χ4n) is 2.59. The van der Waals surface area contributed by atoms with E-state index in [0.29, 0.717) is 11.5 Å². The van der Waals surface area contributed by atoms with Crippen LogP contribution in [0.3, 0.4) is 0 Å². The SMILES string of the molecule is Cc1cc(CN(C)S(=O)(=O)c2ccc3c(c2)CC(=O)N3C)no1. The first kappa shape index (κ1) is 15.7. The fraction of sp³-hybridized carbons (Fsp3) is 0.333. The molecule has 0 aliphatic carbocycles. The van der Waals surface area contributed by atoms with E-state index in [1.165, 1.54) is 22.3 Å². The lowest BCUT2D eigenvalue weighted by molar-refractivity contribution is -0.117. The predicted molar refractivity (Wildman–Crippen MR) is 83.4 cm³/mol. The lowest BCUT2D eigenvalue weighted by Gasteiger charge is -2.17. The van der Waals surface area contributed by atoms with Gasteiger partial charge in [-0.1, -0.05) is 5.16 Å². The number of amides is 1. The van der Waals surface area contributed by atoms with Crippen molar-refractivity contribution in [2.75, 3.05) is 19.0 Å². The largest absolute Gasteiger partial charge is 0.361 e. The zero-order chi connectivity index (χ0) is 16.8. The van der Waals surface area contributed by atoms with Crippen molar-refractivity contribution in [1.29, 1.82) is 0 Å². The minimum Gasteiger partial charge on any atom is -0.361 e. The average Bonchev–Trinajstić information content (AvgIpc) is 3.02. The molecule has 1 amide bonds. The van der Waals surface area contributed by atoms with E-state index in [1.807, 2.05) is 0 Å². The molecule has 1 aliphatic heterocycles. The number of carbonyl (C=O) groups is 1. The van der Waals surface area contributed by atoms with Crippen LogP contribution in [0.5, 0.6) is 0 Å². The van der Waals surface area contributed by atoms with Gasteiger partial charge in [0.25, 0.3) is 0 Å². The minimum atomic E-state index is -3.66. The molecule has 0 fully saturated rings. The first-order chi connectivity index (χ1) is 10.8. The van der Waals surface area contributed by atoms with Gasteiger partial charge in [-0.25, -0.2) is 8.42 Å². The van der Waals surface area contributed by atoms with Gasteiger partial charge in [-0.2, -0.15) is 4.31 Å². The second-order valence-corrected chi connectivity index (χ2v) is 7.65. The Kier molecular flexibility index (Phi) is 3.73. The molecule has 0 spiro atoms. The van der Waals surface area contributed by atoms with Crippen molar-refractivity contribution < 1.29 is 17.7 Å². The van der Waals surface area contributed by atoms with Gasteiger partial charge in [0.15, 0.2) is 0 Å². The Morgan fingerprint density at radius 3 is 2.74 bits per heavy atom. The van der Waals surface area contributed by atoms with Crippen LogP contribution in [0.15, 0.2) is 33.7 Å². The Hall–Kier alpha value is -2.19. The maximum absolute atomic E-state index is 12.7. The third-order valence-corrected chi connectivity index (χ3v) is 5.70. The topological polar surface area (TPSA) is 83.7 Å². The number of carbonyl (C=O) groups excluding carboxylic acids is 1. The Labute approximate surface area is 134 Å². The highest BCUT2D eigenvalue weighted by atomic mass is 32.2. The summed E-state index contributed by atoms with van der Waals surface area (Å²) in [6.45, 7) is 1.87. The van der Waals surface area contributed by atoms with Gasteiger partial charge in [-0.05, 0) is 30.7 Å². The highest BCUT2D eigenvalue weighted by Gasteiger charge is 2.28. The van der Waals surface area contributed by atoms with Crippen molar-refractivity contribution in [2.24, 2.45) is 0 Å². The number of aromatic nitrogens is 1. The maximum Gasteiger partial charge on any atom is 0.243 e. The van der Waals surface area contributed by atoms with Crippen molar-refractivity contribution in [2.45, 2.75) is 24.8 Å². The standard InChI is InChI=1S/C15H17N3O4S/c1-10-6-12(16-22-10)9-17(2)23(20,21)13-4-5-14-11(7-13)8-15(19)18(14)3/h4-7H,8-9H2,1-3H3. The van der Waals surface area contributed by atoms with E-state index in [-0.39, 0.29) is 23.8 Å². The van der Waals surface area contributed by atoms with E-state index in [2.05, 4.69) is 5.16 Å². The molecule has 23 heavy (non-hydrogen) atoms. The van der Waals surface area contributed by atoms with Crippen molar-refractivity contribution in [3.05, 3.63) is 41.3 Å². The van der Waals surface area contributed by atoms with Gasteiger partial charge in [0.1, 0.15) is 5.76 Å². The number of hydrogen-bond acceptors (Lipinski definition) is 5. The molecule has 122 valence electrons. The second kappa shape index (κ2) is 5.47. The van der Waals surface area contributed by atoms with Crippen molar-refractivity contribution in [1.82, 2.24) is 9.46 Å². The van der Waals surface area contributed by atoms with Gasteiger partial charge in [0.2, 0.25) is 15.9 Å². The number of rotatable bonds is 4. The molecule has 7 nitrogen and oxygen atoms in total. The third kappa shape index (κ3) is 2.75. The molecule has 0 atom stereocenters. The van der Waals surface area contributed by atoms with Crippen LogP contribution >= 0.6 is 0 Å². The summed E-state index contributed by atoms with van der Waals surface area (Å²) in [7, 11) is -0.491. The highest BCUT2D eigenvalue weighted by molar-refractivity contribution is 7.89. The number of fused-ring (bicyclic) bond motifs is 1. The summed E-state index contributed by atoms with van der Waals surface area (Å²) < 4.78 is 31.5. The fourth-order valence-corrected chi connectivity index (χ4v) is 3.79. The van der Waals surface area contributed by atoms with Crippen LogP contribution in [-0.2, 0) is 27.8 Å². The number of hydrogen-bond donors (Lipinski definition) is 0. The molecule has 2 heterocycles. The second-order valence-electron chi connectivity index (χ2n) is 5.61. The molecule has 1 aromatic carbocycles. The quantitative estimate of drug-likeness (QED) is 0.841. The first-order valence-corrected chi connectivity index (χ1v) is 8.51. The van der Waals surface area contributed by atoms with Crippen molar-refractivity contribution in [3.8, 4) is 0 Å². The van der Waals surface area contributed by atoms with E-state index >= 15 is 0 Å². The van der Waals surface area contributed by atoms with E-state index in [4.69, 9.17) is 4.52 Å². The van der Waals surface area contributed by atoms with Crippen LogP contribution in [0.4, 0.5) is 5.69 Å². The number of likely N-dealkylation sites (N-methyl/N-ethyl adjacent to an activating group) is 1. The molecule has 0 N–H and O–H groups in total. The van der Waals surface area contributed by atoms with Gasteiger partial charge < -0.3 is 9.42 Å². The molecule has 3 rings (SSSR count). The monoisotopic (exact) mass is 335 g/mol. The van der Waals surface area contributed by atoms with Crippen LogP contribution in [0.1, 0.15) is 17.0 Å². The number of aryl methyl sites for hydroxylation is 1. The molecular weight excluding hydrogens is 318 g/mol. The zero-order valence-corrected chi connectivity index (χ0v) is 13.9. The van der Waals surface area contributed by atoms with Gasteiger partial charge in [-0.3, -0.25) is 4.79 Å². The van der Waals surface area contributed by atoms with Crippen LogP contribution in [0.25, 0.3) is 0 Å². The number of benzene rings is 1. The summed E-state index contributed by atoms with van der Waals surface area (Å²) in [5.74, 6) is 0.589. The van der Waals surface area contributed by atoms with Gasteiger partial charge in [0.05, 0.1) is 23.6 Å². The third-order valence-electron chi connectivity index (χ3n) is 3.90. The zero-order valence-electron chi connectivity index (χ0n) is 13.1. The van der Waals surface area contributed by atoms with Gasteiger partial charge >= 0.3 is 0 Å². The molecule has 0 saturated heterocycles. The Bertz CT molecular complexity index is 873. The average molecular weight is 335 g/mol. The van der Waals surface area contributed by atoms with Crippen LogP contribution < -0.4 is 4.90 Å². The van der Waals surface area contributed by atoms with Crippen molar-refractivity contribution in [3.63, 3.8) is 0 Å². The summed E-state index contributed by atoms with van der Waals surface area (Å²) >= 11 is 0. The number of anilines is 1.